The maximum Gasteiger partial charge on any atom is 0.123 e. The number of halogens is 1. The smallest absolute Gasteiger partial charge is 0.123 e. The lowest BCUT2D eigenvalue weighted by Gasteiger charge is -2.29. The predicted molar refractivity (Wildman–Crippen MR) is 80.5 cm³/mol. The summed E-state index contributed by atoms with van der Waals surface area (Å²) in [6, 6.07) is 7.44. The predicted octanol–water partition coefficient (Wildman–Crippen LogP) is 3.80. The van der Waals surface area contributed by atoms with E-state index in [4.69, 9.17) is 0 Å². The lowest BCUT2D eigenvalue weighted by atomic mass is 9.93. The Labute approximate surface area is 123 Å². The Kier molecular flexibility index (Phi) is 3.61. The van der Waals surface area contributed by atoms with E-state index in [1.807, 2.05) is 13.0 Å². The highest BCUT2D eigenvalue weighted by atomic mass is 32.1. The number of rotatable bonds is 5. The zero-order valence-electron chi connectivity index (χ0n) is 11.8. The number of hydrogen-bond donors (Lipinski definition) is 1. The highest BCUT2D eigenvalue weighted by Gasteiger charge is 2.36. The molecule has 0 aliphatic heterocycles. The van der Waals surface area contributed by atoms with Gasteiger partial charge in [-0.15, -0.1) is 11.3 Å². The average molecular weight is 290 g/mol. The van der Waals surface area contributed by atoms with E-state index in [2.05, 4.69) is 22.6 Å². The number of thiazole rings is 1. The number of hydrogen-bond acceptors (Lipinski definition) is 3. The van der Waals surface area contributed by atoms with E-state index in [1.165, 1.54) is 18.9 Å². The van der Waals surface area contributed by atoms with Crippen molar-refractivity contribution in [2.75, 3.05) is 0 Å². The van der Waals surface area contributed by atoms with Crippen LogP contribution in [0.1, 0.15) is 36.0 Å². The molecule has 1 saturated carbocycles. The summed E-state index contributed by atoms with van der Waals surface area (Å²) in [5.41, 5.74) is 1.84. The van der Waals surface area contributed by atoms with Crippen LogP contribution in [0.4, 0.5) is 4.39 Å². The van der Waals surface area contributed by atoms with Crippen LogP contribution >= 0.6 is 11.3 Å². The largest absolute Gasteiger partial charge is 0.303 e. The second-order valence-electron chi connectivity index (χ2n) is 5.85. The molecule has 1 aliphatic carbocycles. The maximum atomic E-state index is 13.4. The molecule has 0 radical (unpaired) electrons. The van der Waals surface area contributed by atoms with Crippen molar-refractivity contribution in [2.24, 2.45) is 0 Å². The van der Waals surface area contributed by atoms with Gasteiger partial charge in [-0.3, -0.25) is 0 Å². The first-order valence-electron chi connectivity index (χ1n) is 7.00. The number of nitrogens with one attached hydrogen (secondary N) is 1. The van der Waals surface area contributed by atoms with Crippen molar-refractivity contribution in [3.8, 4) is 0 Å². The van der Waals surface area contributed by atoms with Gasteiger partial charge < -0.3 is 5.32 Å². The molecule has 106 valence electrons. The van der Waals surface area contributed by atoms with Crippen molar-refractivity contribution < 1.29 is 4.39 Å². The Balaban J connectivity index is 1.88. The lowest BCUT2D eigenvalue weighted by Crippen LogP contribution is -2.43. The van der Waals surface area contributed by atoms with Gasteiger partial charge in [-0.25, -0.2) is 9.37 Å². The van der Waals surface area contributed by atoms with Gasteiger partial charge in [0.05, 0.1) is 5.54 Å². The van der Waals surface area contributed by atoms with Crippen molar-refractivity contribution in [3.05, 3.63) is 51.7 Å². The average Bonchev–Trinajstić information content (AvgIpc) is 3.07. The Morgan fingerprint density at radius 1 is 1.45 bits per heavy atom. The molecule has 2 aromatic rings. The van der Waals surface area contributed by atoms with Gasteiger partial charge in [0.2, 0.25) is 0 Å². The van der Waals surface area contributed by atoms with Crippen molar-refractivity contribution in [3.63, 3.8) is 0 Å². The molecule has 0 saturated heterocycles. The van der Waals surface area contributed by atoms with E-state index < -0.39 is 0 Å². The van der Waals surface area contributed by atoms with Crippen molar-refractivity contribution in [1.82, 2.24) is 10.3 Å². The van der Waals surface area contributed by atoms with Crippen LogP contribution in [0.25, 0.3) is 0 Å². The second kappa shape index (κ2) is 5.26. The molecular formula is C16H19FN2S. The molecule has 1 aromatic heterocycles. The molecular weight excluding hydrogens is 271 g/mol. The molecule has 1 heterocycles. The molecule has 0 spiro atoms. The molecule has 0 amide bonds. The van der Waals surface area contributed by atoms with E-state index in [0.717, 1.165) is 22.7 Å². The minimum Gasteiger partial charge on any atom is -0.303 e. The quantitative estimate of drug-likeness (QED) is 0.906. The molecule has 4 heteroatoms. The Morgan fingerprint density at radius 3 is 2.85 bits per heavy atom. The van der Waals surface area contributed by atoms with Gasteiger partial charge >= 0.3 is 0 Å². The summed E-state index contributed by atoms with van der Waals surface area (Å²) in [5, 5.41) is 6.86. The monoisotopic (exact) mass is 290 g/mol. The third kappa shape index (κ3) is 3.07. The fraction of sp³-hybridized carbons (Fsp3) is 0.438. The van der Waals surface area contributed by atoms with Gasteiger partial charge in [-0.2, -0.15) is 0 Å². The number of aryl methyl sites for hydroxylation is 1. The summed E-state index contributed by atoms with van der Waals surface area (Å²) < 4.78 is 13.4. The Morgan fingerprint density at radius 2 is 2.25 bits per heavy atom. The summed E-state index contributed by atoms with van der Waals surface area (Å²) >= 11 is 1.68. The first-order valence-corrected chi connectivity index (χ1v) is 7.88. The number of benzene rings is 1. The molecule has 3 rings (SSSR count). The third-order valence-corrected chi connectivity index (χ3v) is 4.86. The molecule has 1 aliphatic rings. The summed E-state index contributed by atoms with van der Waals surface area (Å²) in [6.07, 6.45) is 3.21. The van der Waals surface area contributed by atoms with Gasteiger partial charge in [-0.05, 0) is 50.8 Å². The van der Waals surface area contributed by atoms with Crippen molar-refractivity contribution in [2.45, 2.75) is 44.7 Å². The van der Waals surface area contributed by atoms with E-state index in [9.17, 15) is 4.39 Å². The SMILES string of the molecule is Cc1csc(C(C)(Cc2cccc(F)c2)NC2CC2)n1. The van der Waals surface area contributed by atoms with Crippen LogP contribution in [-0.2, 0) is 12.0 Å². The maximum absolute atomic E-state index is 13.4. The van der Waals surface area contributed by atoms with E-state index in [0.29, 0.717) is 6.04 Å². The summed E-state index contributed by atoms with van der Waals surface area (Å²) in [7, 11) is 0. The molecule has 1 N–H and O–H groups in total. The first kappa shape index (κ1) is 13.7. The second-order valence-corrected chi connectivity index (χ2v) is 6.71. The van der Waals surface area contributed by atoms with Crippen LogP contribution in [0.3, 0.4) is 0 Å². The molecule has 1 fully saturated rings. The lowest BCUT2D eigenvalue weighted by molar-refractivity contribution is 0.357. The van der Waals surface area contributed by atoms with E-state index in [-0.39, 0.29) is 11.4 Å². The highest BCUT2D eigenvalue weighted by molar-refractivity contribution is 7.09. The zero-order valence-corrected chi connectivity index (χ0v) is 12.6. The van der Waals surface area contributed by atoms with Crippen LogP contribution in [0, 0.1) is 12.7 Å². The number of nitrogens with zero attached hydrogens (tertiary/aromatic N) is 1. The highest BCUT2D eigenvalue weighted by Crippen LogP contribution is 2.33. The van der Waals surface area contributed by atoms with Gasteiger partial charge in [0.15, 0.2) is 0 Å². The van der Waals surface area contributed by atoms with E-state index >= 15 is 0 Å². The van der Waals surface area contributed by atoms with Gasteiger partial charge in [-0.1, -0.05) is 12.1 Å². The summed E-state index contributed by atoms with van der Waals surface area (Å²) in [6.45, 7) is 4.19. The summed E-state index contributed by atoms with van der Waals surface area (Å²) in [5.74, 6) is -0.174. The number of aromatic nitrogens is 1. The Hall–Kier alpha value is -1.26. The normalized spacial score (nSPS) is 17.9. The van der Waals surface area contributed by atoms with E-state index in [1.54, 1.807) is 23.5 Å². The molecule has 1 atom stereocenters. The topological polar surface area (TPSA) is 24.9 Å². The molecule has 1 aromatic carbocycles. The fourth-order valence-corrected chi connectivity index (χ4v) is 3.45. The van der Waals surface area contributed by atoms with Crippen LogP contribution in [0.5, 0.6) is 0 Å². The molecule has 1 unspecified atom stereocenters. The molecule has 0 bridgehead atoms. The molecule has 20 heavy (non-hydrogen) atoms. The molecule has 2 nitrogen and oxygen atoms in total. The third-order valence-electron chi connectivity index (χ3n) is 3.64. The standard InChI is InChI=1S/C16H19FN2S/c1-11-10-20-15(18-11)16(2,19-14-6-7-14)9-12-4-3-5-13(17)8-12/h3-5,8,10,14,19H,6-7,9H2,1-2H3. The summed E-state index contributed by atoms with van der Waals surface area (Å²) in [4.78, 5) is 4.64. The Bertz CT molecular complexity index is 606. The van der Waals surface area contributed by atoms with Crippen LogP contribution in [0.15, 0.2) is 29.6 Å². The fourth-order valence-electron chi connectivity index (χ4n) is 2.53. The van der Waals surface area contributed by atoms with Crippen molar-refractivity contribution >= 4 is 11.3 Å². The van der Waals surface area contributed by atoms with Crippen LogP contribution in [-0.4, -0.2) is 11.0 Å². The minimum atomic E-state index is -0.214. The van der Waals surface area contributed by atoms with Crippen LogP contribution < -0.4 is 5.32 Å². The van der Waals surface area contributed by atoms with Crippen molar-refractivity contribution in [1.29, 1.82) is 0 Å². The van der Waals surface area contributed by atoms with Gasteiger partial charge in [0, 0.05) is 17.1 Å². The first-order chi connectivity index (χ1) is 9.55. The van der Waals surface area contributed by atoms with Gasteiger partial charge in [0.1, 0.15) is 10.8 Å². The van der Waals surface area contributed by atoms with Crippen LogP contribution in [0.2, 0.25) is 0 Å². The zero-order chi connectivity index (χ0) is 14.2. The minimum absolute atomic E-state index is 0.174. The van der Waals surface area contributed by atoms with Gasteiger partial charge in [0.25, 0.3) is 0 Å².